The average molecular weight is 785 g/mol. The molecule has 0 unspecified atom stereocenters. The van der Waals surface area contributed by atoms with Gasteiger partial charge in [0.15, 0.2) is 0 Å². The van der Waals surface area contributed by atoms with Crippen molar-refractivity contribution >= 4 is 57.4 Å². The summed E-state index contributed by atoms with van der Waals surface area (Å²) in [5.74, 6) is 1.51. The molecular formula is C55H69BN2O. The van der Waals surface area contributed by atoms with Crippen molar-refractivity contribution in [1.82, 2.24) is 0 Å². The normalized spacial score (nSPS) is 19.5. The first-order valence-electron chi connectivity index (χ1n) is 22.7. The van der Waals surface area contributed by atoms with Gasteiger partial charge in [-0.25, -0.2) is 0 Å². The van der Waals surface area contributed by atoms with Crippen LogP contribution in [0, 0.1) is 0 Å². The van der Waals surface area contributed by atoms with Gasteiger partial charge in [-0.15, -0.1) is 0 Å². The van der Waals surface area contributed by atoms with Crippen molar-refractivity contribution in [2.24, 2.45) is 0 Å². The van der Waals surface area contributed by atoms with Gasteiger partial charge in [-0.3, -0.25) is 0 Å². The van der Waals surface area contributed by atoms with Crippen LogP contribution in [0.5, 0.6) is 0 Å². The van der Waals surface area contributed by atoms with E-state index in [2.05, 4.69) is 193 Å². The highest BCUT2D eigenvalue weighted by Crippen LogP contribution is 2.56. The van der Waals surface area contributed by atoms with Gasteiger partial charge >= 0.3 is 0 Å². The molecule has 59 heavy (non-hydrogen) atoms. The number of benzene rings is 4. The van der Waals surface area contributed by atoms with Crippen molar-refractivity contribution in [3.05, 3.63) is 112 Å². The Morgan fingerprint density at radius 2 is 1.02 bits per heavy atom. The summed E-state index contributed by atoms with van der Waals surface area (Å²) in [7, 11) is 0. The molecule has 0 fully saturated rings. The number of furan rings is 1. The summed E-state index contributed by atoms with van der Waals surface area (Å²) in [5.41, 5.74) is 19.9. The third kappa shape index (κ3) is 6.11. The Bertz CT molecular complexity index is 2490. The maximum Gasteiger partial charge on any atom is 0.297 e. The largest absolute Gasteiger partial charge is 0.472 e. The van der Waals surface area contributed by atoms with Gasteiger partial charge in [0.2, 0.25) is 0 Å². The van der Waals surface area contributed by atoms with Crippen LogP contribution in [0.4, 0.5) is 34.1 Å². The summed E-state index contributed by atoms with van der Waals surface area (Å²) in [5, 5.41) is 0. The van der Waals surface area contributed by atoms with Gasteiger partial charge in [0.25, 0.3) is 6.71 Å². The Labute approximate surface area is 357 Å². The maximum atomic E-state index is 7.66. The lowest BCUT2D eigenvalue weighted by molar-refractivity contribution is 0.282. The maximum absolute atomic E-state index is 7.66. The molecule has 308 valence electrons. The molecule has 4 aliphatic rings. The van der Waals surface area contributed by atoms with Crippen molar-refractivity contribution in [3.63, 3.8) is 0 Å². The predicted octanol–water partition coefficient (Wildman–Crippen LogP) is 13.8. The average Bonchev–Trinajstić information content (AvgIpc) is 3.57. The SMILES string of the molecule is CC(C)c1cc2c3c(c1)N(c1ccc(C(C)(C)C)cc1)c1c(oc4c1C(C)(C)CCC4(C)C)B3c1cc3c(cc1N2c1ccc(C(C)(C)C)cc1)C(C)(C)CCC3(C)C. The van der Waals surface area contributed by atoms with E-state index in [0.29, 0.717) is 5.92 Å². The lowest BCUT2D eigenvalue weighted by Gasteiger charge is -2.47. The highest BCUT2D eigenvalue weighted by Gasteiger charge is 2.53. The van der Waals surface area contributed by atoms with Crippen molar-refractivity contribution < 1.29 is 4.42 Å². The van der Waals surface area contributed by atoms with Crippen LogP contribution in [0.1, 0.15) is 182 Å². The highest BCUT2D eigenvalue weighted by molar-refractivity contribution is 6.99. The fourth-order valence-electron chi connectivity index (χ4n) is 11.0. The minimum atomic E-state index is -0.0811. The van der Waals surface area contributed by atoms with Crippen LogP contribution < -0.4 is 26.4 Å². The summed E-state index contributed by atoms with van der Waals surface area (Å²) < 4.78 is 7.66. The standard InChI is InChI=1S/C55H69BN2O/c1-33(2)34-29-43-46-44(30-34)58(38-23-19-36(20-24-38)51(6,7)8)47-45-48(55(15,16)28-27-54(45,13)14)59-49(47)56(46)41-31-39-40(53(11,12)26-25-52(39,9)10)32-42(41)57(43)37-21-17-35(18-22-37)50(3,4)5/h17-24,29-33H,25-28H2,1-16H3. The van der Waals surface area contributed by atoms with E-state index in [0.717, 1.165) is 18.5 Å². The Morgan fingerprint density at radius 3 is 1.53 bits per heavy atom. The molecule has 2 aliphatic heterocycles. The van der Waals surface area contributed by atoms with Crippen LogP contribution in [-0.2, 0) is 32.5 Å². The van der Waals surface area contributed by atoms with Gasteiger partial charge in [0.05, 0.1) is 11.3 Å². The van der Waals surface area contributed by atoms with Crippen LogP contribution in [0.15, 0.2) is 77.2 Å². The molecule has 0 radical (unpaired) electrons. The number of hydrogen-bond donors (Lipinski definition) is 0. The van der Waals surface area contributed by atoms with Crippen LogP contribution >= 0.6 is 0 Å². The van der Waals surface area contributed by atoms with E-state index in [9.17, 15) is 0 Å². The second-order valence-corrected chi connectivity index (χ2v) is 23.8. The van der Waals surface area contributed by atoms with E-state index >= 15 is 0 Å². The molecule has 4 aromatic carbocycles. The minimum Gasteiger partial charge on any atom is -0.472 e. The third-order valence-corrected chi connectivity index (χ3v) is 15.2. The topological polar surface area (TPSA) is 19.6 Å². The van der Waals surface area contributed by atoms with E-state index in [1.54, 1.807) is 0 Å². The van der Waals surface area contributed by atoms with E-state index in [4.69, 9.17) is 4.42 Å². The van der Waals surface area contributed by atoms with E-state index in [1.165, 1.54) is 97.0 Å². The van der Waals surface area contributed by atoms with Gasteiger partial charge in [-0.2, -0.15) is 0 Å². The van der Waals surface area contributed by atoms with Gasteiger partial charge in [-0.05, 0) is 140 Å². The summed E-state index contributed by atoms with van der Waals surface area (Å²) >= 11 is 0. The number of fused-ring (bicyclic) bond motifs is 7. The first-order chi connectivity index (χ1) is 27.3. The van der Waals surface area contributed by atoms with Crippen LogP contribution in [0.25, 0.3) is 0 Å². The van der Waals surface area contributed by atoms with Crippen molar-refractivity contribution in [2.75, 3.05) is 9.80 Å². The highest BCUT2D eigenvalue weighted by atomic mass is 16.3. The fourth-order valence-corrected chi connectivity index (χ4v) is 11.0. The Hall–Kier alpha value is -4.18. The lowest BCUT2D eigenvalue weighted by atomic mass is 9.35. The Balaban J connectivity index is 1.44. The monoisotopic (exact) mass is 785 g/mol. The Kier molecular flexibility index (Phi) is 8.65. The molecule has 0 amide bonds. The summed E-state index contributed by atoms with van der Waals surface area (Å²) in [4.78, 5) is 5.26. The zero-order chi connectivity index (χ0) is 42.6. The third-order valence-electron chi connectivity index (χ3n) is 15.2. The van der Waals surface area contributed by atoms with Gasteiger partial charge in [0.1, 0.15) is 5.76 Å². The van der Waals surface area contributed by atoms with E-state index < -0.39 is 0 Å². The second kappa shape index (κ2) is 12.7. The predicted molar refractivity (Wildman–Crippen MR) is 255 cm³/mol. The lowest BCUT2D eigenvalue weighted by Crippen LogP contribution is -2.61. The van der Waals surface area contributed by atoms with Crippen LogP contribution in [-0.4, -0.2) is 6.71 Å². The van der Waals surface area contributed by atoms with Gasteiger partial charge in [0, 0.05) is 39.4 Å². The first kappa shape index (κ1) is 40.2. The number of anilines is 6. The molecule has 0 saturated carbocycles. The molecule has 0 N–H and O–H groups in total. The quantitative estimate of drug-likeness (QED) is 0.166. The molecular weight excluding hydrogens is 715 g/mol. The van der Waals surface area contributed by atoms with Crippen molar-refractivity contribution in [1.29, 1.82) is 0 Å². The molecule has 0 spiro atoms. The molecule has 3 heterocycles. The molecule has 0 saturated heterocycles. The van der Waals surface area contributed by atoms with Gasteiger partial charge in [-0.1, -0.05) is 141 Å². The zero-order valence-corrected chi connectivity index (χ0v) is 39.2. The molecule has 1 aromatic heterocycles. The van der Waals surface area contributed by atoms with Crippen LogP contribution in [0.2, 0.25) is 0 Å². The second-order valence-electron chi connectivity index (χ2n) is 23.8. The number of rotatable bonds is 3. The number of hydrogen-bond acceptors (Lipinski definition) is 3. The molecule has 0 bridgehead atoms. The van der Waals surface area contributed by atoms with E-state index in [-0.39, 0.29) is 39.2 Å². The molecule has 9 rings (SSSR count). The molecule has 2 aliphatic carbocycles. The first-order valence-corrected chi connectivity index (χ1v) is 22.7. The zero-order valence-electron chi connectivity index (χ0n) is 39.2. The minimum absolute atomic E-state index is 0.0512. The molecule has 3 nitrogen and oxygen atoms in total. The molecule has 0 atom stereocenters. The number of nitrogens with zero attached hydrogens (tertiary/aromatic N) is 2. The molecule has 5 aromatic rings. The van der Waals surface area contributed by atoms with E-state index in [1.807, 2.05) is 0 Å². The fraction of sp³-hybridized carbons (Fsp3) is 0.491. The summed E-state index contributed by atoms with van der Waals surface area (Å²) in [6.45, 7) is 38.1. The Morgan fingerprint density at radius 1 is 0.559 bits per heavy atom. The van der Waals surface area contributed by atoms with Crippen molar-refractivity contribution in [3.8, 4) is 0 Å². The van der Waals surface area contributed by atoms with Crippen LogP contribution in [0.3, 0.4) is 0 Å². The van der Waals surface area contributed by atoms with Crippen molar-refractivity contribution in [2.45, 2.75) is 175 Å². The summed E-state index contributed by atoms with van der Waals surface area (Å²) in [6, 6.07) is 29.3. The summed E-state index contributed by atoms with van der Waals surface area (Å²) in [6.07, 6.45) is 4.58. The molecule has 4 heteroatoms. The van der Waals surface area contributed by atoms with Gasteiger partial charge < -0.3 is 14.2 Å². The smallest absolute Gasteiger partial charge is 0.297 e.